The van der Waals surface area contributed by atoms with Crippen molar-refractivity contribution >= 4 is 34.8 Å². The van der Waals surface area contributed by atoms with Gasteiger partial charge in [-0.1, -0.05) is 17.7 Å². The summed E-state index contributed by atoms with van der Waals surface area (Å²) in [5, 5.41) is 10.3. The number of carbonyl (C=O) groups excluding carboxylic acids is 2. The van der Waals surface area contributed by atoms with Crippen LogP contribution < -0.4 is 10.6 Å². The molecule has 0 bridgehead atoms. The number of anilines is 2. The molecule has 0 atom stereocenters. The SMILES string of the molecule is CC(=O)Nc1ccc(F)c(NC(=O)Cc2c(C)nn(-c3ccc(C)c(Cl)c3)c2C)c1. The van der Waals surface area contributed by atoms with E-state index in [-0.39, 0.29) is 23.9 Å². The van der Waals surface area contributed by atoms with E-state index in [2.05, 4.69) is 15.7 Å². The van der Waals surface area contributed by atoms with Crippen LogP contribution in [-0.2, 0) is 16.0 Å². The van der Waals surface area contributed by atoms with Gasteiger partial charge in [0.05, 0.1) is 23.5 Å². The third-order valence-electron chi connectivity index (χ3n) is 4.74. The van der Waals surface area contributed by atoms with E-state index < -0.39 is 5.82 Å². The molecule has 8 heteroatoms. The second-order valence-electron chi connectivity index (χ2n) is 7.10. The quantitative estimate of drug-likeness (QED) is 0.616. The molecular formula is C22H22ClFN4O2. The highest BCUT2D eigenvalue weighted by Gasteiger charge is 2.17. The monoisotopic (exact) mass is 428 g/mol. The molecule has 0 radical (unpaired) electrons. The first-order chi connectivity index (χ1) is 14.2. The fraction of sp³-hybridized carbons (Fsp3) is 0.227. The number of nitrogens with zero attached hydrogens (tertiary/aromatic N) is 2. The van der Waals surface area contributed by atoms with E-state index in [0.29, 0.717) is 16.4 Å². The zero-order valence-electron chi connectivity index (χ0n) is 17.1. The van der Waals surface area contributed by atoms with E-state index in [0.717, 1.165) is 22.5 Å². The standard InChI is InChI=1S/C22H22ClFN4O2/c1-12-5-7-17(10-19(12)23)28-14(3)18(13(2)27-28)11-22(30)26-21-9-16(25-15(4)29)6-8-20(21)24/h5-10H,11H2,1-4H3,(H,25,29)(H,26,30). The first-order valence-electron chi connectivity index (χ1n) is 9.34. The molecule has 0 aliphatic carbocycles. The number of nitrogens with one attached hydrogen (secondary N) is 2. The van der Waals surface area contributed by atoms with Crippen molar-refractivity contribution in [3.63, 3.8) is 0 Å². The van der Waals surface area contributed by atoms with Crippen LogP contribution in [0.25, 0.3) is 5.69 Å². The minimum Gasteiger partial charge on any atom is -0.326 e. The van der Waals surface area contributed by atoms with Gasteiger partial charge in [0.2, 0.25) is 11.8 Å². The molecule has 1 aromatic heterocycles. The van der Waals surface area contributed by atoms with E-state index in [1.165, 1.54) is 25.1 Å². The summed E-state index contributed by atoms with van der Waals surface area (Å²) in [6.07, 6.45) is 0.0288. The molecule has 1 heterocycles. The van der Waals surface area contributed by atoms with Crippen LogP contribution in [0.4, 0.5) is 15.8 Å². The number of benzene rings is 2. The van der Waals surface area contributed by atoms with Gasteiger partial charge in [0.15, 0.2) is 0 Å². The summed E-state index contributed by atoms with van der Waals surface area (Å²) in [5.74, 6) is -1.26. The summed E-state index contributed by atoms with van der Waals surface area (Å²) < 4.78 is 15.8. The van der Waals surface area contributed by atoms with E-state index in [1.54, 1.807) is 4.68 Å². The molecular weight excluding hydrogens is 407 g/mol. The van der Waals surface area contributed by atoms with Gasteiger partial charge in [0.1, 0.15) is 5.82 Å². The Labute approximate surface area is 179 Å². The third-order valence-corrected chi connectivity index (χ3v) is 5.15. The zero-order valence-corrected chi connectivity index (χ0v) is 17.9. The molecule has 2 aromatic carbocycles. The number of hydrogen-bond acceptors (Lipinski definition) is 3. The number of aromatic nitrogens is 2. The highest BCUT2D eigenvalue weighted by Crippen LogP contribution is 2.24. The summed E-state index contributed by atoms with van der Waals surface area (Å²) in [7, 11) is 0. The summed E-state index contributed by atoms with van der Waals surface area (Å²) >= 11 is 6.23. The van der Waals surface area contributed by atoms with Gasteiger partial charge >= 0.3 is 0 Å². The maximum Gasteiger partial charge on any atom is 0.229 e. The van der Waals surface area contributed by atoms with E-state index >= 15 is 0 Å². The average molecular weight is 429 g/mol. The fourth-order valence-corrected chi connectivity index (χ4v) is 3.33. The van der Waals surface area contributed by atoms with Crippen LogP contribution >= 0.6 is 11.6 Å². The molecule has 3 aromatic rings. The Bertz CT molecular complexity index is 1140. The van der Waals surface area contributed by atoms with Gasteiger partial charge in [-0.15, -0.1) is 0 Å². The molecule has 0 fully saturated rings. The van der Waals surface area contributed by atoms with Gasteiger partial charge in [-0.2, -0.15) is 5.10 Å². The molecule has 2 N–H and O–H groups in total. The summed E-state index contributed by atoms with van der Waals surface area (Å²) in [5.41, 5.74) is 4.41. The lowest BCUT2D eigenvalue weighted by Crippen LogP contribution is -2.17. The smallest absolute Gasteiger partial charge is 0.229 e. The normalized spacial score (nSPS) is 10.7. The Hall–Kier alpha value is -3.19. The predicted molar refractivity (Wildman–Crippen MR) is 116 cm³/mol. The van der Waals surface area contributed by atoms with Crippen LogP contribution in [0.2, 0.25) is 5.02 Å². The molecule has 0 unspecified atom stereocenters. The van der Waals surface area contributed by atoms with Gasteiger partial charge in [-0.05, 0) is 56.7 Å². The first kappa shape index (κ1) is 21.5. The molecule has 6 nitrogen and oxygen atoms in total. The van der Waals surface area contributed by atoms with Gasteiger partial charge in [-0.3, -0.25) is 9.59 Å². The number of rotatable bonds is 5. The third kappa shape index (κ3) is 4.68. The Morgan fingerprint density at radius 3 is 2.50 bits per heavy atom. The van der Waals surface area contributed by atoms with Crippen LogP contribution in [0.3, 0.4) is 0 Å². The Morgan fingerprint density at radius 1 is 1.10 bits per heavy atom. The molecule has 0 spiro atoms. The zero-order chi connectivity index (χ0) is 22.0. The van der Waals surface area contributed by atoms with Crippen LogP contribution in [0, 0.1) is 26.6 Å². The molecule has 2 amide bonds. The van der Waals surface area contributed by atoms with E-state index in [9.17, 15) is 14.0 Å². The lowest BCUT2D eigenvalue weighted by molar-refractivity contribution is -0.116. The van der Waals surface area contributed by atoms with Crippen LogP contribution in [-0.4, -0.2) is 21.6 Å². The Kier molecular flexibility index (Phi) is 6.22. The minimum atomic E-state index is -0.587. The summed E-state index contributed by atoms with van der Waals surface area (Å²) in [4.78, 5) is 23.8. The molecule has 0 saturated carbocycles. The summed E-state index contributed by atoms with van der Waals surface area (Å²) in [6, 6.07) is 9.64. The van der Waals surface area contributed by atoms with Crippen molar-refractivity contribution in [1.82, 2.24) is 9.78 Å². The first-order valence-corrected chi connectivity index (χ1v) is 9.72. The maximum absolute atomic E-state index is 14.1. The van der Waals surface area contributed by atoms with Crippen molar-refractivity contribution in [1.29, 1.82) is 0 Å². The van der Waals surface area contributed by atoms with Gasteiger partial charge in [0.25, 0.3) is 0 Å². The van der Waals surface area contributed by atoms with E-state index in [1.807, 2.05) is 39.0 Å². The summed E-state index contributed by atoms with van der Waals surface area (Å²) in [6.45, 7) is 6.96. The van der Waals surface area contributed by atoms with E-state index in [4.69, 9.17) is 11.6 Å². The molecule has 0 aliphatic heterocycles. The predicted octanol–water partition coefficient (Wildman–Crippen LogP) is 4.73. The Balaban J connectivity index is 1.82. The number of amides is 2. The Morgan fingerprint density at radius 2 is 1.83 bits per heavy atom. The van der Waals surface area contributed by atoms with Crippen molar-refractivity contribution in [2.75, 3.05) is 10.6 Å². The highest BCUT2D eigenvalue weighted by atomic mass is 35.5. The van der Waals surface area contributed by atoms with Crippen LogP contribution in [0.1, 0.15) is 29.4 Å². The van der Waals surface area contributed by atoms with Gasteiger partial charge in [-0.25, -0.2) is 9.07 Å². The fourth-order valence-electron chi connectivity index (χ4n) is 3.15. The maximum atomic E-state index is 14.1. The highest BCUT2D eigenvalue weighted by molar-refractivity contribution is 6.31. The van der Waals surface area contributed by atoms with Crippen molar-refractivity contribution in [3.05, 3.63) is 69.8 Å². The topological polar surface area (TPSA) is 76.0 Å². The second-order valence-corrected chi connectivity index (χ2v) is 7.50. The lowest BCUT2D eigenvalue weighted by Gasteiger charge is -2.10. The lowest BCUT2D eigenvalue weighted by atomic mass is 10.1. The van der Waals surface area contributed by atoms with Crippen molar-refractivity contribution in [3.8, 4) is 5.69 Å². The van der Waals surface area contributed by atoms with Crippen molar-refractivity contribution in [2.45, 2.75) is 34.1 Å². The molecule has 0 saturated heterocycles. The molecule has 30 heavy (non-hydrogen) atoms. The van der Waals surface area contributed by atoms with Crippen LogP contribution in [0.15, 0.2) is 36.4 Å². The minimum absolute atomic E-state index is 0.000681. The average Bonchev–Trinajstić information content (AvgIpc) is 2.94. The number of carbonyl (C=O) groups is 2. The van der Waals surface area contributed by atoms with Crippen molar-refractivity contribution < 1.29 is 14.0 Å². The van der Waals surface area contributed by atoms with Gasteiger partial charge < -0.3 is 10.6 Å². The number of halogens is 2. The van der Waals surface area contributed by atoms with Gasteiger partial charge in [0, 0.05) is 28.9 Å². The molecule has 156 valence electrons. The van der Waals surface area contributed by atoms with Crippen molar-refractivity contribution in [2.24, 2.45) is 0 Å². The number of hydrogen-bond donors (Lipinski definition) is 2. The molecule has 3 rings (SSSR count). The molecule has 0 aliphatic rings. The van der Waals surface area contributed by atoms with Crippen LogP contribution in [0.5, 0.6) is 0 Å². The largest absolute Gasteiger partial charge is 0.326 e. The number of aryl methyl sites for hydroxylation is 2. The second kappa shape index (κ2) is 8.67.